The van der Waals surface area contributed by atoms with Crippen LogP contribution in [0.5, 0.6) is 0 Å². The number of carbonyl (C=O) groups excluding carboxylic acids is 4. The van der Waals surface area contributed by atoms with E-state index >= 15 is 0 Å². The molecule has 10 heteroatoms. The standard InChI is InChI=1S/C26H40O10/c1-14(27)19-9-11-25(7)10-8-18(12-26(19,25)31)24(5,6)36-23-22(35-17(4)30)21(34-16(3)29)20(13-32-23)33-15(2)28/h18-23,31H,8-13H2,1-7H3/t18-,19-,20-,21+,22-,23+,25+,26+/m1/s1. The Balaban J connectivity index is 1.84. The summed E-state index contributed by atoms with van der Waals surface area (Å²) < 4.78 is 28.4. The molecule has 204 valence electrons. The molecule has 0 aromatic rings. The van der Waals surface area contributed by atoms with Crippen LogP contribution in [0, 0.1) is 17.3 Å². The van der Waals surface area contributed by atoms with Crippen LogP contribution in [-0.4, -0.2) is 71.2 Å². The van der Waals surface area contributed by atoms with E-state index in [9.17, 15) is 24.3 Å². The molecular formula is C26H40O10. The SMILES string of the molecule is CC(=O)O[C@@H]1[C@@H](OC(C)=O)[C@H](OC(C)(C)[C@@H]2CC[C@@]3(C)CC[C@H](C(C)=O)[C@@]3(O)C2)OC[C@H]1OC(C)=O. The number of rotatable bonds is 7. The molecule has 0 amide bonds. The molecule has 3 aliphatic rings. The fourth-order valence-corrected chi connectivity index (χ4v) is 6.38. The van der Waals surface area contributed by atoms with E-state index < -0.39 is 59.6 Å². The summed E-state index contributed by atoms with van der Waals surface area (Å²) in [7, 11) is 0. The first-order valence-electron chi connectivity index (χ1n) is 12.6. The van der Waals surface area contributed by atoms with Crippen LogP contribution in [0.15, 0.2) is 0 Å². The van der Waals surface area contributed by atoms with Crippen LogP contribution < -0.4 is 0 Å². The smallest absolute Gasteiger partial charge is 0.303 e. The van der Waals surface area contributed by atoms with E-state index in [4.69, 9.17) is 23.7 Å². The maximum atomic E-state index is 12.4. The van der Waals surface area contributed by atoms with Gasteiger partial charge in [-0.25, -0.2) is 0 Å². The van der Waals surface area contributed by atoms with Gasteiger partial charge in [0.15, 0.2) is 24.6 Å². The first-order valence-corrected chi connectivity index (χ1v) is 12.6. The van der Waals surface area contributed by atoms with E-state index in [2.05, 4.69) is 6.92 Å². The van der Waals surface area contributed by atoms with Gasteiger partial charge in [0.25, 0.3) is 0 Å². The van der Waals surface area contributed by atoms with Crippen LogP contribution in [0.25, 0.3) is 0 Å². The summed E-state index contributed by atoms with van der Waals surface area (Å²) in [5.74, 6) is -2.44. The highest BCUT2D eigenvalue weighted by Crippen LogP contribution is 2.60. The van der Waals surface area contributed by atoms with Crippen LogP contribution in [0.2, 0.25) is 0 Å². The molecule has 36 heavy (non-hydrogen) atoms. The number of hydrogen-bond acceptors (Lipinski definition) is 10. The van der Waals surface area contributed by atoms with E-state index in [-0.39, 0.29) is 23.7 Å². The molecule has 2 aliphatic carbocycles. The predicted molar refractivity (Wildman–Crippen MR) is 125 cm³/mol. The second-order valence-corrected chi connectivity index (χ2v) is 11.3. The Bertz CT molecular complexity index is 884. The van der Waals surface area contributed by atoms with Gasteiger partial charge in [0.2, 0.25) is 0 Å². The summed E-state index contributed by atoms with van der Waals surface area (Å²) in [6.45, 7) is 10.8. The van der Waals surface area contributed by atoms with Crippen molar-refractivity contribution in [3.8, 4) is 0 Å². The van der Waals surface area contributed by atoms with Crippen molar-refractivity contribution in [3.05, 3.63) is 0 Å². The Morgan fingerprint density at radius 2 is 1.44 bits per heavy atom. The Hall–Kier alpha value is -2.04. The summed E-state index contributed by atoms with van der Waals surface area (Å²) in [6, 6.07) is 0. The van der Waals surface area contributed by atoms with Gasteiger partial charge < -0.3 is 28.8 Å². The van der Waals surface area contributed by atoms with E-state index in [1.165, 1.54) is 27.7 Å². The maximum absolute atomic E-state index is 12.4. The molecule has 1 heterocycles. The van der Waals surface area contributed by atoms with Crippen molar-refractivity contribution in [2.45, 2.75) is 116 Å². The number of esters is 3. The zero-order valence-corrected chi connectivity index (χ0v) is 22.3. The lowest BCUT2D eigenvalue weighted by Gasteiger charge is -2.53. The highest BCUT2D eigenvalue weighted by molar-refractivity contribution is 5.80. The zero-order valence-electron chi connectivity index (χ0n) is 22.3. The average molecular weight is 513 g/mol. The molecule has 0 radical (unpaired) electrons. The van der Waals surface area contributed by atoms with Crippen molar-refractivity contribution >= 4 is 23.7 Å². The van der Waals surface area contributed by atoms with Gasteiger partial charge in [-0.1, -0.05) is 6.92 Å². The van der Waals surface area contributed by atoms with Crippen LogP contribution in [0.3, 0.4) is 0 Å². The van der Waals surface area contributed by atoms with Crippen molar-refractivity contribution in [1.29, 1.82) is 0 Å². The molecule has 2 saturated carbocycles. The normalized spacial score (nSPS) is 38.6. The molecule has 0 unspecified atom stereocenters. The minimum absolute atomic E-state index is 0.00753. The maximum Gasteiger partial charge on any atom is 0.303 e. The number of fused-ring (bicyclic) bond motifs is 1. The molecule has 10 nitrogen and oxygen atoms in total. The first-order chi connectivity index (χ1) is 16.6. The van der Waals surface area contributed by atoms with Crippen LogP contribution in [0.1, 0.15) is 80.6 Å². The molecule has 0 bridgehead atoms. The van der Waals surface area contributed by atoms with E-state index in [0.29, 0.717) is 12.8 Å². The average Bonchev–Trinajstić information content (AvgIpc) is 3.01. The molecule has 1 aliphatic heterocycles. The number of carbonyl (C=O) groups is 4. The van der Waals surface area contributed by atoms with Gasteiger partial charge in [0.05, 0.1) is 17.8 Å². The third-order valence-corrected chi connectivity index (χ3v) is 8.41. The summed E-state index contributed by atoms with van der Waals surface area (Å²) in [6.07, 6.45) is -1.05. The lowest BCUT2D eigenvalue weighted by molar-refractivity contribution is -0.313. The van der Waals surface area contributed by atoms with Gasteiger partial charge in [-0.05, 0) is 64.2 Å². The Morgan fingerprint density at radius 1 is 0.889 bits per heavy atom. The minimum Gasteiger partial charge on any atom is -0.456 e. The fourth-order valence-electron chi connectivity index (χ4n) is 6.38. The van der Waals surface area contributed by atoms with Crippen LogP contribution in [0.4, 0.5) is 0 Å². The first kappa shape index (κ1) is 28.5. The monoisotopic (exact) mass is 512 g/mol. The van der Waals surface area contributed by atoms with Crippen molar-refractivity contribution < 1.29 is 48.0 Å². The molecule has 0 spiro atoms. The largest absolute Gasteiger partial charge is 0.456 e. The third kappa shape index (κ3) is 5.60. The van der Waals surface area contributed by atoms with Gasteiger partial charge in [-0.15, -0.1) is 0 Å². The quantitative estimate of drug-likeness (QED) is 0.400. The molecule has 1 N–H and O–H groups in total. The second-order valence-electron chi connectivity index (χ2n) is 11.3. The highest BCUT2D eigenvalue weighted by atomic mass is 16.7. The summed E-state index contributed by atoms with van der Waals surface area (Å²) >= 11 is 0. The van der Waals surface area contributed by atoms with Gasteiger partial charge >= 0.3 is 17.9 Å². The van der Waals surface area contributed by atoms with Crippen LogP contribution >= 0.6 is 0 Å². The topological polar surface area (TPSA) is 135 Å². The molecular weight excluding hydrogens is 472 g/mol. The Kier molecular flexibility index (Phi) is 8.22. The van der Waals surface area contributed by atoms with Crippen molar-refractivity contribution in [3.63, 3.8) is 0 Å². The van der Waals surface area contributed by atoms with Crippen LogP contribution in [-0.2, 0) is 42.9 Å². The minimum atomic E-state index is -1.18. The highest BCUT2D eigenvalue weighted by Gasteiger charge is 2.62. The fraction of sp³-hybridized carbons (Fsp3) is 0.846. The van der Waals surface area contributed by atoms with E-state index in [1.54, 1.807) is 0 Å². The van der Waals surface area contributed by atoms with Gasteiger partial charge in [0.1, 0.15) is 5.78 Å². The lowest BCUT2D eigenvalue weighted by Crippen LogP contribution is -2.61. The summed E-state index contributed by atoms with van der Waals surface area (Å²) in [5, 5.41) is 11.8. The second kappa shape index (κ2) is 10.4. The molecule has 8 atom stereocenters. The molecule has 3 fully saturated rings. The number of Topliss-reactive ketones (excluding diaryl/α,β-unsaturated/α-hetero) is 1. The predicted octanol–water partition coefficient (Wildman–Crippen LogP) is 2.47. The molecule has 1 saturated heterocycles. The van der Waals surface area contributed by atoms with E-state index in [0.717, 1.165) is 19.3 Å². The number of ketones is 1. The van der Waals surface area contributed by atoms with Gasteiger partial charge in [-0.2, -0.15) is 0 Å². The van der Waals surface area contributed by atoms with E-state index in [1.807, 2.05) is 13.8 Å². The molecule has 0 aromatic heterocycles. The number of ether oxygens (including phenoxy) is 5. The Morgan fingerprint density at radius 3 is 2.00 bits per heavy atom. The number of aliphatic hydroxyl groups is 1. The van der Waals surface area contributed by atoms with Crippen molar-refractivity contribution in [2.24, 2.45) is 17.3 Å². The number of hydrogen-bond donors (Lipinski definition) is 1. The Labute approximate surface area is 212 Å². The van der Waals surface area contributed by atoms with Gasteiger partial charge in [-0.3, -0.25) is 19.2 Å². The zero-order chi connectivity index (χ0) is 27.1. The van der Waals surface area contributed by atoms with Gasteiger partial charge in [0, 0.05) is 26.7 Å². The summed E-state index contributed by atoms with van der Waals surface area (Å²) in [5.41, 5.74) is -2.33. The third-order valence-electron chi connectivity index (χ3n) is 8.41. The van der Waals surface area contributed by atoms with Crippen molar-refractivity contribution in [1.82, 2.24) is 0 Å². The van der Waals surface area contributed by atoms with Crippen molar-refractivity contribution in [2.75, 3.05) is 6.61 Å². The molecule has 3 rings (SSSR count). The lowest BCUT2D eigenvalue weighted by atomic mass is 9.58. The molecule has 0 aromatic carbocycles. The summed E-state index contributed by atoms with van der Waals surface area (Å²) in [4.78, 5) is 47.7.